The summed E-state index contributed by atoms with van der Waals surface area (Å²) in [6, 6.07) is 8.31. The van der Waals surface area contributed by atoms with Crippen molar-refractivity contribution < 1.29 is 28.0 Å². The fraction of sp³-hybridized carbons (Fsp3) is 0.367. The first-order valence-corrected chi connectivity index (χ1v) is 14.4. The van der Waals surface area contributed by atoms with Gasteiger partial charge in [0.2, 0.25) is 11.8 Å². The Bertz CT molecular complexity index is 1650. The number of imidazole rings is 1. The molecule has 2 aromatic carbocycles. The number of halogens is 2. The van der Waals surface area contributed by atoms with Crippen LogP contribution in [-0.2, 0) is 27.4 Å². The number of amides is 3. The first-order valence-electron chi connectivity index (χ1n) is 14.4. The average molecular weight is 611 g/mol. The second-order valence-corrected chi connectivity index (χ2v) is 10.4. The van der Waals surface area contributed by atoms with Crippen molar-refractivity contribution in [3.05, 3.63) is 59.4 Å². The Morgan fingerprint density at radius 3 is 2.50 bits per heavy atom. The molecule has 0 spiro atoms. The lowest BCUT2D eigenvalue weighted by molar-refractivity contribution is -0.129. The molecule has 12 nitrogen and oxygen atoms in total. The van der Waals surface area contributed by atoms with Crippen LogP contribution >= 0.6 is 0 Å². The van der Waals surface area contributed by atoms with Gasteiger partial charge < -0.3 is 26.3 Å². The molecule has 4 rings (SSSR count). The minimum absolute atomic E-state index is 0.239. The molecule has 3 amide bonds. The van der Waals surface area contributed by atoms with Crippen molar-refractivity contribution in [1.29, 1.82) is 0 Å². The van der Waals surface area contributed by atoms with E-state index in [1.54, 1.807) is 0 Å². The molecule has 4 aromatic rings. The van der Waals surface area contributed by atoms with Gasteiger partial charge in [0.05, 0.1) is 11.0 Å². The number of carbonyl (C=O) groups excluding carboxylic acids is 3. The summed E-state index contributed by atoms with van der Waals surface area (Å²) in [7, 11) is 0. The van der Waals surface area contributed by atoms with E-state index in [9.17, 15) is 23.2 Å². The van der Waals surface area contributed by atoms with E-state index < -0.39 is 47.7 Å². The summed E-state index contributed by atoms with van der Waals surface area (Å²) in [4.78, 5) is 49.9. The Hall–Kier alpha value is -4.69. The number of nitrogen functional groups attached to an aromatic ring is 1. The number of hydrogen-bond donors (Lipinski definition) is 5. The number of nitrogens with one attached hydrogen (secondary N) is 3. The van der Waals surface area contributed by atoms with Crippen LogP contribution in [0.2, 0.25) is 0 Å². The monoisotopic (exact) mass is 610 g/mol. The second-order valence-electron chi connectivity index (χ2n) is 10.4. The van der Waals surface area contributed by atoms with E-state index in [0.29, 0.717) is 30.7 Å². The third kappa shape index (κ3) is 7.44. The Balaban J connectivity index is 1.37. The lowest BCUT2D eigenvalue weighted by atomic mass is 10.1. The summed E-state index contributed by atoms with van der Waals surface area (Å²) in [5.74, 6) is 1.61. The molecule has 7 N–H and O–H groups in total. The molecule has 0 fully saturated rings. The first kappa shape index (κ1) is 32.2. The number of aromatic nitrogens is 3. The van der Waals surface area contributed by atoms with Gasteiger partial charge in [-0.3, -0.25) is 19.2 Å². The summed E-state index contributed by atoms with van der Waals surface area (Å²) < 4.78 is 31.6. The van der Waals surface area contributed by atoms with Crippen LogP contribution in [-0.4, -0.2) is 51.5 Å². The van der Waals surface area contributed by atoms with Gasteiger partial charge in [0.25, 0.3) is 5.91 Å². The number of unbranched alkanes of at least 4 members (excludes halogenated alkanes) is 2. The van der Waals surface area contributed by atoms with Gasteiger partial charge in [-0.05, 0) is 44.4 Å². The standard InChI is InChI=1S/C30H36F2N8O4/c1-3-4-11-23-38-26-27(19-9-5-6-10-22(19)37-28(26)33)40(23)13-8-7-12-35-30(43)18-14-20(31)25(21(32)15-18)39-29(42)17(2)36-24(41)16-44-34/h5-6,9-10,14-15,17H,3-4,7-8,11-13,16,34H2,1-2H3,(H2,33,37)(H,35,43)(H,36,41)(H,39,42). The molecule has 0 bridgehead atoms. The Morgan fingerprint density at radius 2 is 1.80 bits per heavy atom. The molecule has 0 aliphatic rings. The highest BCUT2D eigenvalue weighted by Gasteiger charge is 2.21. The summed E-state index contributed by atoms with van der Waals surface area (Å²) in [6.07, 6.45) is 4.07. The summed E-state index contributed by atoms with van der Waals surface area (Å²) in [6.45, 7) is 3.85. The number of rotatable bonds is 14. The van der Waals surface area contributed by atoms with Crippen LogP contribution in [0, 0.1) is 11.6 Å². The predicted octanol–water partition coefficient (Wildman–Crippen LogP) is 3.33. The molecule has 2 heterocycles. The Labute approximate surface area is 252 Å². The number of fused-ring (bicyclic) bond motifs is 3. The lowest BCUT2D eigenvalue weighted by Crippen LogP contribution is -2.43. The van der Waals surface area contributed by atoms with Gasteiger partial charge in [0.15, 0.2) is 17.5 Å². The minimum atomic E-state index is -1.14. The smallest absolute Gasteiger partial charge is 0.251 e. The van der Waals surface area contributed by atoms with Gasteiger partial charge >= 0.3 is 0 Å². The van der Waals surface area contributed by atoms with Crippen LogP contribution in [0.3, 0.4) is 0 Å². The highest BCUT2D eigenvalue weighted by molar-refractivity contribution is 6.06. The van der Waals surface area contributed by atoms with E-state index in [1.807, 2.05) is 24.3 Å². The molecule has 0 radical (unpaired) electrons. The highest BCUT2D eigenvalue weighted by Crippen LogP contribution is 2.29. The molecule has 0 saturated heterocycles. The number of anilines is 2. The van der Waals surface area contributed by atoms with E-state index in [0.717, 1.165) is 53.6 Å². The van der Waals surface area contributed by atoms with Crippen molar-refractivity contribution in [2.75, 3.05) is 24.2 Å². The highest BCUT2D eigenvalue weighted by atomic mass is 19.1. The fourth-order valence-electron chi connectivity index (χ4n) is 4.85. The van der Waals surface area contributed by atoms with Gasteiger partial charge in [0, 0.05) is 30.5 Å². The molecule has 1 unspecified atom stereocenters. The van der Waals surface area contributed by atoms with Crippen LogP contribution in [0.1, 0.15) is 55.7 Å². The predicted molar refractivity (Wildman–Crippen MR) is 162 cm³/mol. The fourth-order valence-corrected chi connectivity index (χ4v) is 4.85. The first-order chi connectivity index (χ1) is 21.1. The van der Waals surface area contributed by atoms with Crippen LogP contribution in [0.5, 0.6) is 0 Å². The van der Waals surface area contributed by atoms with Crippen molar-refractivity contribution in [3.8, 4) is 0 Å². The van der Waals surface area contributed by atoms with Crippen molar-refractivity contribution in [2.45, 2.75) is 58.5 Å². The third-order valence-corrected chi connectivity index (χ3v) is 7.08. The molecule has 44 heavy (non-hydrogen) atoms. The third-order valence-electron chi connectivity index (χ3n) is 7.08. The van der Waals surface area contributed by atoms with Gasteiger partial charge in [-0.15, -0.1) is 0 Å². The molecule has 0 aliphatic heterocycles. The zero-order valence-electron chi connectivity index (χ0n) is 24.6. The average Bonchev–Trinajstić information content (AvgIpc) is 3.36. The number of pyridine rings is 1. The number of hydrogen-bond acceptors (Lipinski definition) is 8. The van der Waals surface area contributed by atoms with Gasteiger partial charge in [-0.25, -0.2) is 24.6 Å². The largest absolute Gasteiger partial charge is 0.382 e. The zero-order valence-corrected chi connectivity index (χ0v) is 24.6. The topological polar surface area (TPSA) is 179 Å². The lowest BCUT2D eigenvalue weighted by Gasteiger charge is -2.15. The number of carbonyl (C=O) groups is 3. The van der Waals surface area contributed by atoms with Crippen LogP contribution in [0.15, 0.2) is 36.4 Å². The van der Waals surface area contributed by atoms with E-state index >= 15 is 0 Å². The number of benzene rings is 2. The SMILES string of the molecule is CCCCc1nc2c(N)nc3ccccc3c2n1CCCCNC(=O)c1cc(F)c(NC(=O)C(C)NC(=O)CON)c(F)c1. The van der Waals surface area contributed by atoms with Gasteiger partial charge in [0.1, 0.15) is 29.7 Å². The van der Waals surface area contributed by atoms with Crippen molar-refractivity contribution in [3.63, 3.8) is 0 Å². The molecule has 0 aliphatic carbocycles. The molecule has 14 heteroatoms. The molecular formula is C30H36F2N8O4. The van der Waals surface area contributed by atoms with Crippen molar-refractivity contribution in [1.82, 2.24) is 25.2 Å². The molecule has 1 atom stereocenters. The van der Waals surface area contributed by atoms with Crippen LogP contribution in [0.25, 0.3) is 21.9 Å². The van der Waals surface area contributed by atoms with E-state index in [1.165, 1.54) is 6.92 Å². The summed E-state index contributed by atoms with van der Waals surface area (Å²) >= 11 is 0. The summed E-state index contributed by atoms with van der Waals surface area (Å²) in [5.41, 5.74) is 7.68. The normalized spacial score (nSPS) is 11.9. The number of para-hydroxylation sites is 1. The Kier molecular flexibility index (Phi) is 10.7. The maximum absolute atomic E-state index is 14.7. The van der Waals surface area contributed by atoms with Gasteiger partial charge in [-0.2, -0.15) is 0 Å². The number of aryl methyl sites for hydroxylation is 2. The number of nitrogens with zero attached hydrogens (tertiary/aromatic N) is 3. The van der Waals surface area contributed by atoms with E-state index in [2.05, 4.69) is 37.3 Å². The maximum Gasteiger partial charge on any atom is 0.251 e. The molecular weight excluding hydrogens is 574 g/mol. The summed E-state index contributed by atoms with van der Waals surface area (Å²) in [5, 5.41) is 8.00. The van der Waals surface area contributed by atoms with Crippen molar-refractivity contribution in [2.24, 2.45) is 5.90 Å². The quantitative estimate of drug-likeness (QED) is 0.107. The minimum Gasteiger partial charge on any atom is -0.382 e. The van der Waals surface area contributed by atoms with Crippen molar-refractivity contribution >= 4 is 51.2 Å². The van der Waals surface area contributed by atoms with Crippen LogP contribution in [0.4, 0.5) is 20.3 Å². The molecule has 0 saturated carbocycles. The Morgan fingerprint density at radius 1 is 1.07 bits per heavy atom. The zero-order chi connectivity index (χ0) is 31.8. The van der Waals surface area contributed by atoms with E-state index in [4.69, 9.17) is 16.6 Å². The second kappa shape index (κ2) is 14.7. The number of nitrogens with two attached hydrogens (primary N) is 2. The maximum atomic E-state index is 14.7. The van der Waals surface area contributed by atoms with Crippen LogP contribution < -0.4 is 27.6 Å². The van der Waals surface area contributed by atoms with E-state index in [-0.39, 0.29) is 12.1 Å². The van der Waals surface area contributed by atoms with Gasteiger partial charge in [-0.1, -0.05) is 31.5 Å². The molecule has 2 aromatic heterocycles. The molecule has 234 valence electrons.